The van der Waals surface area contributed by atoms with E-state index in [0.29, 0.717) is 31.3 Å². The summed E-state index contributed by atoms with van der Waals surface area (Å²) in [7, 11) is 1.91. The first kappa shape index (κ1) is 16.0. The maximum Gasteiger partial charge on any atom is 0.224 e. The summed E-state index contributed by atoms with van der Waals surface area (Å²) in [5.74, 6) is 0.549. The first-order valence-electron chi connectivity index (χ1n) is 7.25. The molecule has 0 aromatic heterocycles. The second kappa shape index (κ2) is 8.15. The van der Waals surface area contributed by atoms with Gasteiger partial charge in [0.25, 0.3) is 0 Å². The molecule has 1 aliphatic heterocycles. The van der Waals surface area contributed by atoms with Crippen molar-refractivity contribution in [3.05, 3.63) is 0 Å². The smallest absolute Gasteiger partial charge is 0.224 e. The Balaban J connectivity index is 2.25. The molecule has 1 rings (SSSR count). The number of amides is 2. The van der Waals surface area contributed by atoms with Crippen LogP contribution in [0.5, 0.6) is 0 Å². The molecule has 2 N–H and O–H groups in total. The number of carbonyl (C=O) groups excluding carboxylic acids is 2. The molecule has 19 heavy (non-hydrogen) atoms. The lowest BCUT2D eigenvalue weighted by atomic mass is 10.1. The molecule has 1 saturated heterocycles. The number of likely N-dealkylation sites (tertiary alicyclic amines) is 1. The molecule has 1 heterocycles. The molecule has 1 unspecified atom stereocenters. The number of rotatable bonds is 7. The third-order valence-corrected chi connectivity index (χ3v) is 3.39. The highest BCUT2D eigenvalue weighted by Gasteiger charge is 2.27. The van der Waals surface area contributed by atoms with Gasteiger partial charge in [-0.1, -0.05) is 13.8 Å². The molecule has 0 aromatic carbocycles. The van der Waals surface area contributed by atoms with Gasteiger partial charge in [-0.2, -0.15) is 0 Å². The van der Waals surface area contributed by atoms with Gasteiger partial charge in [-0.15, -0.1) is 0 Å². The fourth-order valence-corrected chi connectivity index (χ4v) is 2.51. The van der Waals surface area contributed by atoms with Crippen LogP contribution in [0.15, 0.2) is 0 Å². The standard InChI is InChI=1S/C14H27N3O2/c1-11(2)9-13(18)16-7-6-14(19)17-8-4-5-12(17)10-15-3/h11-12,15H,4-10H2,1-3H3,(H,16,18). The van der Waals surface area contributed by atoms with Gasteiger partial charge < -0.3 is 15.5 Å². The van der Waals surface area contributed by atoms with Crippen LogP contribution in [-0.2, 0) is 9.59 Å². The van der Waals surface area contributed by atoms with Gasteiger partial charge in [0.1, 0.15) is 0 Å². The van der Waals surface area contributed by atoms with E-state index in [-0.39, 0.29) is 11.8 Å². The quantitative estimate of drug-likeness (QED) is 0.717. The van der Waals surface area contributed by atoms with E-state index in [9.17, 15) is 9.59 Å². The second-order valence-corrected chi connectivity index (χ2v) is 5.64. The fraction of sp³-hybridized carbons (Fsp3) is 0.857. The topological polar surface area (TPSA) is 61.4 Å². The van der Waals surface area contributed by atoms with E-state index in [4.69, 9.17) is 0 Å². The molecule has 0 bridgehead atoms. The maximum absolute atomic E-state index is 12.1. The number of likely N-dealkylation sites (N-methyl/N-ethyl adjacent to an activating group) is 1. The summed E-state index contributed by atoms with van der Waals surface area (Å²) in [6.07, 6.45) is 3.09. The van der Waals surface area contributed by atoms with Gasteiger partial charge in [0, 0.05) is 38.5 Å². The van der Waals surface area contributed by atoms with E-state index < -0.39 is 0 Å². The molecule has 0 aromatic rings. The molecular weight excluding hydrogens is 242 g/mol. The number of nitrogens with one attached hydrogen (secondary N) is 2. The summed E-state index contributed by atoms with van der Waals surface area (Å²) in [6.45, 7) is 6.18. The lowest BCUT2D eigenvalue weighted by Gasteiger charge is -2.24. The summed E-state index contributed by atoms with van der Waals surface area (Å²) in [6, 6.07) is 0.323. The minimum atomic E-state index is 0.0380. The van der Waals surface area contributed by atoms with E-state index in [2.05, 4.69) is 10.6 Å². The highest BCUT2D eigenvalue weighted by molar-refractivity contribution is 5.79. The number of hydrogen-bond acceptors (Lipinski definition) is 3. The van der Waals surface area contributed by atoms with Gasteiger partial charge >= 0.3 is 0 Å². The monoisotopic (exact) mass is 269 g/mol. The molecule has 1 aliphatic rings. The summed E-state index contributed by atoms with van der Waals surface area (Å²) in [5, 5.41) is 5.94. The van der Waals surface area contributed by atoms with Crippen LogP contribution >= 0.6 is 0 Å². The van der Waals surface area contributed by atoms with Crippen molar-refractivity contribution in [3.8, 4) is 0 Å². The summed E-state index contributed by atoms with van der Waals surface area (Å²) < 4.78 is 0. The van der Waals surface area contributed by atoms with Gasteiger partial charge in [-0.3, -0.25) is 9.59 Å². The van der Waals surface area contributed by atoms with Gasteiger partial charge in [0.15, 0.2) is 0 Å². The third kappa shape index (κ3) is 5.59. The number of hydrogen-bond donors (Lipinski definition) is 2. The Morgan fingerprint density at radius 1 is 1.37 bits per heavy atom. The van der Waals surface area contributed by atoms with Crippen molar-refractivity contribution < 1.29 is 9.59 Å². The van der Waals surface area contributed by atoms with E-state index in [1.807, 2.05) is 25.8 Å². The number of carbonyl (C=O) groups is 2. The third-order valence-electron chi connectivity index (χ3n) is 3.39. The normalized spacial score (nSPS) is 18.9. The van der Waals surface area contributed by atoms with Crippen LogP contribution in [-0.4, -0.2) is 49.4 Å². The molecule has 0 radical (unpaired) electrons. The molecule has 0 aliphatic carbocycles. The Hall–Kier alpha value is -1.10. The summed E-state index contributed by atoms with van der Waals surface area (Å²) >= 11 is 0. The average Bonchev–Trinajstić information content (AvgIpc) is 2.76. The van der Waals surface area contributed by atoms with Crippen LogP contribution in [0.2, 0.25) is 0 Å². The number of nitrogens with zero attached hydrogens (tertiary/aromatic N) is 1. The molecule has 0 spiro atoms. The maximum atomic E-state index is 12.1. The van der Waals surface area contributed by atoms with Gasteiger partial charge in [0.05, 0.1) is 0 Å². The summed E-state index contributed by atoms with van der Waals surface area (Å²) in [4.78, 5) is 25.5. The van der Waals surface area contributed by atoms with Crippen molar-refractivity contribution in [2.45, 2.75) is 45.6 Å². The zero-order chi connectivity index (χ0) is 14.3. The molecule has 2 amide bonds. The van der Waals surface area contributed by atoms with E-state index in [1.54, 1.807) is 0 Å². The van der Waals surface area contributed by atoms with E-state index in [1.165, 1.54) is 0 Å². The lowest BCUT2D eigenvalue weighted by Crippen LogP contribution is -2.42. The van der Waals surface area contributed by atoms with Crippen LogP contribution in [0.3, 0.4) is 0 Å². The second-order valence-electron chi connectivity index (χ2n) is 5.64. The molecular formula is C14H27N3O2. The molecule has 0 saturated carbocycles. The van der Waals surface area contributed by atoms with E-state index in [0.717, 1.165) is 25.9 Å². The fourth-order valence-electron chi connectivity index (χ4n) is 2.51. The van der Waals surface area contributed by atoms with Crippen LogP contribution < -0.4 is 10.6 Å². The Labute approximate surface area is 116 Å². The average molecular weight is 269 g/mol. The van der Waals surface area contributed by atoms with E-state index >= 15 is 0 Å². The first-order valence-corrected chi connectivity index (χ1v) is 7.25. The zero-order valence-corrected chi connectivity index (χ0v) is 12.4. The van der Waals surface area contributed by atoms with Crippen molar-refractivity contribution >= 4 is 11.8 Å². The van der Waals surface area contributed by atoms with Gasteiger partial charge in [-0.25, -0.2) is 0 Å². The Morgan fingerprint density at radius 2 is 2.11 bits per heavy atom. The zero-order valence-electron chi connectivity index (χ0n) is 12.4. The predicted octanol–water partition coefficient (Wildman–Crippen LogP) is 0.749. The Bertz CT molecular complexity index is 305. The Kier molecular flexibility index (Phi) is 6.84. The van der Waals surface area contributed by atoms with Crippen LogP contribution in [0.4, 0.5) is 0 Å². The van der Waals surface area contributed by atoms with Gasteiger partial charge in [0.2, 0.25) is 11.8 Å². The van der Waals surface area contributed by atoms with Crippen LogP contribution in [0.25, 0.3) is 0 Å². The lowest BCUT2D eigenvalue weighted by molar-refractivity contribution is -0.131. The van der Waals surface area contributed by atoms with Crippen molar-refractivity contribution in [2.75, 3.05) is 26.7 Å². The largest absolute Gasteiger partial charge is 0.356 e. The predicted molar refractivity (Wildman–Crippen MR) is 75.7 cm³/mol. The van der Waals surface area contributed by atoms with Crippen LogP contribution in [0.1, 0.15) is 39.5 Å². The van der Waals surface area contributed by atoms with Crippen molar-refractivity contribution in [1.82, 2.24) is 15.5 Å². The van der Waals surface area contributed by atoms with Crippen molar-refractivity contribution in [2.24, 2.45) is 5.92 Å². The van der Waals surface area contributed by atoms with Gasteiger partial charge in [-0.05, 0) is 25.8 Å². The molecule has 1 atom stereocenters. The molecule has 1 fully saturated rings. The van der Waals surface area contributed by atoms with Crippen molar-refractivity contribution in [1.29, 1.82) is 0 Å². The molecule has 5 nitrogen and oxygen atoms in total. The SMILES string of the molecule is CNCC1CCCN1C(=O)CCNC(=O)CC(C)C. The molecule has 5 heteroatoms. The van der Waals surface area contributed by atoms with Crippen LogP contribution in [0, 0.1) is 5.92 Å². The minimum absolute atomic E-state index is 0.0380. The molecule has 110 valence electrons. The highest BCUT2D eigenvalue weighted by atomic mass is 16.2. The summed E-state index contributed by atoms with van der Waals surface area (Å²) in [5.41, 5.74) is 0. The Morgan fingerprint density at radius 3 is 2.74 bits per heavy atom. The minimum Gasteiger partial charge on any atom is -0.356 e. The highest BCUT2D eigenvalue weighted by Crippen LogP contribution is 2.17. The van der Waals surface area contributed by atoms with Crippen molar-refractivity contribution in [3.63, 3.8) is 0 Å². The first-order chi connectivity index (χ1) is 9.04.